The number of para-hydroxylation sites is 1. The summed E-state index contributed by atoms with van der Waals surface area (Å²) in [6, 6.07) is 44.6. The van der Waals surface area contributed by atoms with Crippen LogP contribution in [0.2, 0.25) is 0 Å². The summed E-state index contributed by atoms with van der Waals surface area (Å²) < 4.78 is 3.52. The summed E-state index contributed by atoms with van der Waals surface area (Å²) in [6.07, 6.45) is 2.25. The van der Waals surface area contributed by atoms with Crippen molar-refractivity contribution in [2.24, 2.45) is 7.05 Å². The number of aryl methyl sites for hydroxylation is 2. The zero-order valence-corrected chi connectivity index (χ0v) is 28.7. The second-order valence-electron chi connectivity index (χ2n) is 13.3. The van der Waals surface area contributed by atoms with Gasteiger partial charge in [0.05, 0.1) is 11.3 Å². The molecule has 4 heterocycles. The van der Waals surface area contributed by atoms with Crippen LogP contribution in [-0.4, -0.2) is 15.0 Å². The molecule has 8 aromatic rings. The van der Waals surface area contributed by atoms with Crippen molar-refractivity contribution in [3.8, 4) is 34.0 Å². The predicted octanol–water partition coefficient (Wildman–Crippen LogP) is 10.5. The molecule has 0 amide bonds. The monoisotopic (exact) mass is 652 g/mol. The van der Waals surface area contributed by atoms with Crippen LogP contribution in [0.5, 0.6) is 0 Å². The van der Waals surface area contributed by atoms with Gasteiger partial charge in [0, 0.05) is 43.6 Å². The Bertz CT molecular complexity index is 2500. The number of fused-ring (bicyclic) bond motifs is 5. The third-order valence-electron chi connectivity index (χ3n) is 9.84. The minimum absolute atomic E-state index is 0.295. The van der Waals surface area contributed by atoms with Crippen LogP contribution in [0.4, 0.5) is 16.6 Å². The van der Waals surface area contributed by atoms with Crippen LogP contribution in [0.25, 0.3) is 54.9 Å². The Hall–Kier alpha value is -5.72. The van der Waals surface area contributed by atoms with Crippen molar-refractivity contribution in [2.75, 3.05) is 4.90 Å². The number of thiophene rings is 1. The van der Waals surface area contributed by atoms with Crippen molar-refractivity contribution in [3.63, 3.8) is 0 Å². The molecule has 3 aromatic heterocycles. The Morgan fingerprint density at radius 2 is 1.29 bits per heavy atom. The van der Waals surface area contributed by atoms with Crippen LogP contribution >= 0.6 is 11.3 Å². The van der Waals surface area contributed by atoms with Crippen molar-refractivity contribution < 1.29 is 4.57 Å². The molecule has 0 radical (unpaired) electrons. The Balaban J connectivity index is 1.36. The van der Waals surface area contributed by atoms with Crippen LogP contribution in [0.15, 0.2) is 134 Å². The fourth-order valence-electron chi connectivity index (χ4n) is 7.42. The minimum atomic E-state index is -0.295. The van der Waals surface area contributed by atoms with Crippen molar-refractivity contribution in [1.82, 2.24) is 15.0 Å². The molecule has 6 heteroatoms. The normalized spacial score (nSPS) is 13.4. The fraction of sp³-hybridized carbons (Fsp3) is 0.116. The number of aromatic nitrogens is 4. The molecule has 0 atom stereocenters. The summed E-state index contributed by atoms with van der Waals surface area (Å²) in [5.41, 5.74) is 8.93. The zero-order chi connectivity index (χ0) is 33.3. The lowest BCUT2D eigenvalue weighted by atomic mass is 9.73. The largest absolute Gasteiger partial charge is 0.269 e. The quantitative estimate of drug-likeness (QED) is 0.178. The SMILES string of the molecule is Cc1ccc2sc3c(c2c1-c1cc2ccccc2c[n+]1C)C(C)(C)c1ccccc1N3c1nc(-c2ccccc2)nc(-c2ccccc2)n1. The predicted molar refractivity (Wildman–Crippen MR) is 202 cm³/mol. The highest BCUT2D eigenvalue weighted by Gasteiger charge is 2.42. The molecule has 0 N–H and O–H groups in total. The van der Waals surface area contributed by atoms with E-state index < -0.39 is 0 Å². The number of pyridine rings is 1. The molecule has 0 saturated carbocycles. The molecular formula is C43H34N5S+. The number of anilines is 3. The summed E-state index contributed by atoms with van der Waals surface area (Å²) in [5, 5.41) is 4.88. The molecule has 0 spiro atoms. The molecule has 236 valence electrons. The average molecular weight is 653 g/mol. The number of benzene rings is 5. The van der Waals surface area contributed by atoms with Crippen molar-refractivity contribution >= 4 is 48.8 Å². The van der Waals surface area contributed by atoms with E-state index in [1.54, 1.807) is 0 Å². The summed E-state index contributed by atoms with van der Waals surface area (Å²) in [6.45, 7) is 6.96. The molecule has 5 nitrogen and oxygen atoms in total. The minimum Gasteiger partial charge on any atom is -0.269 e. The molecule has 9 rings (SSSR count). The van der Waals surface area contributed by atoms with Gasteiger partial charge in [-0.15, -0.1) is 11.3 Å². The first kappa shape index (κ1) is 29.4. The topological polar surface area (TPSA) is 45.8 Å². The highest BCUT2D eigenvalue weighted by molar-refractivity contribution is 7.23. The third kappa shape index (κ3) is 4.66. The van der Waals surface area contributed by atoms with Gasteiger partial charge in [-0.05, 0) is 41.6 Å². The standard InChI is InChI=1S/C43H34N5S/c1-27-23-24-35-37(36(27)34-25-30-19-11-12-20-31(30)26-47(34)4)38-41(49-35)48(33-22-14-13-21-32(33)43(38,2)3)42-45-39(28-15-7-5-8-16-28)44-40(46-42)29-17-9-6-10-18-29/h5-26H,1-4H3/q+1. The van der Waals surface area contributed by atoms with E-state index in [1.165, 1.54) is 48.8 Å². The van der Waals surface area contributed by atoms with Gasteiger partial charge in [0.1, 0.15) is 12.0 Å². The number of hydrogen-bond acceptors (Lipinski definition) is 5. The van der Waals surface area contributed by atoms with Gasteiger partial charge >= 0.3 is 0 Å². The van der Waals surface area contributed by atoms with Crippen LogP contribution in [0.1, 0.15) is 30.5 Å². The fourth-order valence-corrected chi connectivity index (χ4v) is 8.80. The lowest BCUT2D eigenvalue weighted by Gasteiger charge is -2.39. The highest BCUT2D eigenvalue weighted by Crippen LogP contribution is 2.58. The number of hydrogen-bond donors (Lipinski definition) is 0. The molecule has 0 bridgehead atoms. The molecule has 0 fully saturated rings. The first-order valence-electron chi connectivity index (χ1n) is 16.6. The van der Waals surface area contributed by atoms with Crippen LogP contribution < -0.4 is 9.47 Å². The molecule has 49 heavy (non-hydrogen) atoms. The maximum absolute atomic E-state index is 5.22. The van der Waals surface area contributed by atoms with E-state index in [-0.39, 0.29) is 5.41 Å². The van der Waals surface area contributed by atoms with Crippen LogP contribution in [0.3, 0.4) is 0 Å². The summed E-state index contributed by atoms with van der Waals surface area (Å²) >= 11 is 1.82. The van der Waals surface area contributed by atoms with Crippen LogP contribution in [0, 0.1) is 6.92 Å². The Kier molecular flexibility index (Phi) is 6.71. The lowest BCUT2D eigenvalue weighted by Crippen LogP contribution is -2.32. The molecule has 1 aliphatic rings. The van der Waals surface area contributed by atoms with E-state index in [1.807, 2.05) is 47.7 Å². The molecule has 0 unspecified atom stereocenters. The molecule has 0 aliphatic carbocycles. The number of nitrogens with zero attached hydrogens (tertiary/aromatic N) is 5. The maximum atomic E-state index is 5.22. The van der Waals surface area contributed by atoms with Gasteiger partial charge in [0.25, 0.3) is 0 Å². The smallest absolute Gasteiger partial charge is 0.239 e. The van der Waals surface area contributed by atoms with E-state index >= 15 is 0 Å². The summed E-state index contributed by atoms with van der Waals surface area (Å²) in [7, 11) is 2.16. The van der Waals surface area contributed by atoms with Gasteiger partial charge in [0.2, 0.25) is 11.6 Å². The molecular weight excluding hydrogens is 619 g/mol. The van der Waals surface area contributed by atoms with Gasteiger partial charge in [0.15, 0.2) is 17.8 Å². The molecule has 5 aromatic carbocycles. The Morgan fingerprint density at radius 1 is 0.673 bits per heavy atom. The zero-order valence-electron chi connectivity index (χ0n) is 27.8. The van der Waals surface area contributed by atoms with Crippen molar-refractivity contribution in [1.29, 1.82) is 0 Å². The van der Waals surface area contributed by atoms with Crippen molar-refractivity contribution in [2.45, 2.75) is 26.2 Å². The first-order valence-corrected chi connectivity index (χ1v) is 17.4. The number of rotatable bonds is 4. The van der Waals surface area contributed by atoms with E-state index in [4.69, 9.17) is 15.0 Å². The Morgan fingerprint density at radius 3 is 1.98 bits per heavy atom. The van der Waals surface area contributed by atoms with E-state index in [0.29, 0.717) is 17.6 Å². The van der Waals surface area contributed by atoms with Gasteiger partial charge in [-0.2, -0.15) is 9.97 Å². The van der Waals surface area contributed by atoms with E-state index in [2.05, 4.69) is 134 Å². The molecule has 0 saturated heterocycles. The second-order valence-corrected chi connectivity index (χ2v) is 14.3. The van der Waals surface area contributed by atoms with E-state index in [9.17, 15) is 0 Å². The maximum Gasteiger partial charge on any atom is 0.239 e. The Labute approximate surface area is 289 Å². The molecule has 1 aliphatic heterocycles. The van der Waals surface area contributed by atoms with Gasteiger partial charge in [-0.3, -0.25) is 4.90 Å². The van der Waals surface area contributed by atoms with Gasteiger partial charge in [-0.1, -0.05) is 117 Å². The summed E-state index contributed by atoms with van der Waals surface area (Å²) in [5.74, 6) is 1.90. The lowest BCUT2D eigenvalue weighted by molar-refractivity contribution is -0.659. The van der Waals surface area contributed by atoms with Gasteiger partial charge in [-0.25, -0.2) is 9.55 Å². The highest BCUT2D eigenvalue weighted by atomic mass is 32.1. The van der Waals surface area contributed by atoms with Crippen molar-refractivity contribution in [3.05, 3.63) is 150 Å². The van der Waals surface area contributed by atoms with E-state index in [0.717, 1.165) is 21.8 Å². The summed E-state index contributed by atoms with van der Waals surface area (Å²) in [4.78, 5) is 17.7. The second kappa shape index (κ2) is 11.2. The van der Waals surface area contributed by atoms with Gasteiger partial charge < -0.3 is 0 Å². The van der Waals surface area contributed by atoms with Crippen LogP contribution in [-0.2, 0) is 12.5 Å². The third-order valence-corrected chi connectivity index (χ3v) is 11.0. The average Bonchev–Trinajstić information content (AvgIpc) is 3.53. The first-order chi connectivity index (χ1) is 23.9.